The summed E-state index contributed by atoms with van der Waals surface area (Å²) in [4.78, 5) is 20.1. The Morgan fingerprint density at radius 3 is 2.83 bits per heavy atom. The van der Waals surface area contributed by atoms with Gasteiger partial charge in [-0.2, -0.15) is 0 Å². The normalized spacial score (nSPS) is 11.8. The minimum atomic E-state index is -0.00789. The fourth-order valence-corrected chi connectivity index (χ4v) is 3.84. The highest BCUT2D eigenvalue weighted by molar-refractivity contribution is 8.01. The van der Waals surface area contributed by atoms with E-state index in [-0.39, 0.29) is 10.7 Å². The van der Waals surface area contributed by atoms with Crippen LogP contribution in [-0.2, 0) is 4.79 Å². The standard InChI is InChI=1S/C18H21N3OS2/c1-11-16(12-7-5-6-8-13(12)19-11)14-9-23-17(20-14)21-15(22)10-24-18(2,3)4/h5-9,19H,10H2,1-4H3,(H,20,21,22). The van der Waals surface area contributed by atoms with Crippen LogP contribution in [0.2, 0.25) is 0 Å². The Morgan fingerprint density at radius 2 is 2.08 bits per heavy atom. The average Bonchev–Trinajstić information content (AvgIpc) is 3.07. The molecule has 6 heteroatoms. The van der Waals surface area contributed by atoms with E-state index in [1.54, 1.807) is 11.8 Å². The molecule has 0 bridgehead atoms. The highest BCUT2D eigenvalue weighted by atomic mass is 32.2. The summed E-state index contributed by atoms with van der Waals surface area (Å²) >= 11 is 3.09. The molecule has 3 aromatic rings. The SMILES string of the molecule is Cc1[nH]c2ccccc2c1-c1csc(NC(=O)CSC(C)(C)C)n1. The number of aromatic nitrogens is 2. The molecular formula is C18H21N3OS2. The number of nitrogens with one attached hydrogen (secondary N) is 2. The van der Waals surface area contributed by atoms with Gasteiger partial charge in [-0.05, 0) is 13.0 Å². The van der Waals surface area contributed by atoms with Gasteiger partial charge >= 0.3 is 0 Å². The minimum Gasteiger partial charge on any atom is -0.358 e. The van der Waals surface area contributed by atoms with Crippen LogP contribution >= 0.6 is 23.1 Å². The number of aryl methyl sites for hydroxylation is 1. The van der Waals surface area contributed by atoms with Crippen molar-refractivity contribution in [1.29, 1.82) is 0 Å². The van der Waals surface area contributed by atoms with Crippen molar-refractivity contribution >= 4 is 45.0 Å². The van der Waals surface area contributed by atoms with E-state index in [9.17, 15) is 4.79 Å². The van der Waals surface area contributed by atoms with Crippen LogP contribution in [0.5, 0.6) is 0 Å². The number of anilines is 1. The number of amides is 1. The Kier molecular flexibility index (Phi) is 4.69. The second-order valence-electron chi connectivity index (χ2n) is 6.66. The fourth-order valence-electron chi connectivity index (χ4n) is 2.49. The van der Waals surface area contributed by atoms with Crippen molar-refractivity contribution in [2.24, 2.45) is 0 Å². The van der Waals surface area contributed by atoms with Crippen LogP contribution in [0.1, 0.15) is 26.5 Å². The van der Waals surface area contributed by atoms with Crippen molar-refractivity contribution in [3.8, 4) is 11.3 Å². The topological polar surface area (TPSA) is 57.8 Å². The molecule has 0 fully saturated rings. The maximum Gasteiger partial charge on any atom is 0.236 e. The molecule has 0 spiro atoms. The molecule has 1 aromatic carbocycles. The molecule has 4 nitrogen and oxygen atoms in total. The van der Waals surface area contributed by atoms with Crippen LogP contribution in [0.25, 0.3) is 22.2 Å². The lowest BCUT2D eigenvalue weighted by Crippen LogP contribution is -2.18. The van der Waals surface area contributed by atoms with Gasteiger partial charge in [-0.3, -0.25) is 4.79 Å². The Balaban J connectivity index is 1.78. The van der Waals surface area contributed by atoms with Gasteiger partial charge in [-0.1, -0.05) is 39.0 Å². The molecule has 1 amide bonds. The zero-order chi connectivity index (χ0) is 17.3. The number of benzene rings is 1. The number of carbonyl (C=O) groups excluding carboxylic acids is 1. The van der Waals surface area contributed by atoms with Gasteiger partial charge in [0.2, 0.25) is 5.91 Å². The van der Waals surface area contributed by atoms with Crippen LogP contribution in [0.4, 0.5) is 5.13 Å². The predicted octanol–water partition coefficient (Wildman–Crippen LogP) is 5.07. The molecule has 0 saturated heterocycles. The third kappa shape index (κ3) is 3.82. The summed E-state index contributed by atoms with van der Waals surface area (Å²) < 4.78 is 0.0759. The Labute approximate surface area is 150 Å². The first kappa shape index (κ1) is 17.0. The van der Waals surface area contributed by atoms with Crippen LogP contribution in [0, 0.1) is 6.92 Å². The van der Waals surface area contributed by atoms with Crippen molar-refractivity contribution in [2.75, 3.05) is 11.1 Å². The molecule has 2 aromatic heterocycles. The van der Waals surface area contributed by atoms with E-state index in [2.05, 4.69) is 48.2 Å². The van der Waals surface area contributed by atoms with Crippen LogP contribution in [-0.4, -0.2) is 26.4 Å². The number of H-pyrrole nitrogens is 1. The molecule has 0 radical (unpaired) electrons. The van der Waals surface area contributed by atoms with Gasteiger partial charge in [0, 0.05) is 32.3 Å². The zero-order valence-corrected chi connectivity index (χ0v) is 15.9. The summed E-state index contributed by atoms with van der Waals surface area (Å²) in [6.07, 6.45) is 0. The van der Waals surface area contributed by atoms with E-state index >= 15 is 0 Å². The van der Waals surface area contributed by atoms with Crippen molar-refractivity contribution in [2.45, 2.75) is 32.4 Å². The van der Waals surface area contributed by atoms with E-state index in [0.29, 0.717) is 10.9 Å². The van der Waals surface area contributed by atoms with Crippen LogP contribution in [0.3, 0.4) is 0 Å². The number of fused-ring (bicyclic) bond motifs is 1. The monoisotopic (exact) mass is 359 g/mol. The third-order valence-electron chi connectivity index (χ3n) is 3.54. The lowest BCUT2D eigenvalue weighted by Gasteiger charge is -2.16. The molecule has 0 aliphatic carbocycles. The number of carbonyl (C=O) groups is 1. The number of rotatable bonds is 4. The molecule has 0 aliphatic heterocycles. The summed E-state index contributed by atoms with van der Waals surface area (Å²) in [6.45, 7) is 8.36. The van der Waals surface area contributed by atoms with E-state index in [0.717, 1.165) is 27.9 Å². The highest BCUT2D eigenvalue weighted by Gasteiger charge is 2.16. The quantitative estimate of drug-likeness (QED) is 0.684. The largest absolute Gasteiger partial charge is 0.358 e. The summed E-state index contributed by atoms with van der Waals surface area (Å²) in [7, 11) is 0. The predicted molar refractivity (Wildman–Crippen MR) is 105 cm³/mol. The molecule has 126 valence electrons. The molecule has 0 aliphatic rings. The van der Waals surface area contributed by atoms with Crippen LogP contribution < -0.4 is 5.32 Å². The average molecular weight is 360 g/mol. The smallest absolute Gasteiger partial charge is 0.236 e. The summed E-state index contributed by atoms with van der Waals surface area (Å²) in [5.41, 5.74) is 4.19. The third-order valence-corrected chi connectivity index (χ3v) is 5.57. The second kappa shape index (κ2) is 6.61. The van der Waals surface area contributed by atoms with Crippen molar-refractivity contribution in [1.82, 2.24) is 9.97 Å². The minimum absolute atomic E-state index is 0.00789. The molecule has 0 atom stereocenters. The molecule has 24 heavy (non-hydrogen) atoms. The first-order chi connectivity index (χ1) is 11.3. The number of thioether (sulfide) groups is 1. The van der Waals surface area contributed by atoms with Crippen LogP contribution in [0.15, 0.2) is 29.6 Å². The van der Waals surface area contributed by atoms with Gasteiger partial charge in [-0.25, -0.2) is 4.98 Å². The number of para-hydroxylation sites is 1. The molecule has 0 saturated carbocycles. The number of hydrogen-bond donors (Lipinski definition) is 2. The molecule has 2 heterocycles. The maximum absolute atomic E-state index is 12.1. The van der Waals surface area contributed by atoms with Gasteiger partial charge in [0.1, 0.15) is 0 Å². The lowest BCUT2D eigenvalue weighted by atomic mass is 10.1. The van der Waals surface area contributed by atoms with Crippen molar-refractivity contribution in [3.05, 3.63) is 35.3 Å². The summed E-state index contributed by atoms with van der Waals surface area (Å²) in [6, 6.07) is 8.19. The number of aromatic amines is 1. The lowest BCUT2D eigenvalue weighted by molar-refractivity contribution is -0.113. The Hall–Kier alpha value is -1.79. The number of nitrogens with zero attached hydrogens (tertiary/aromatic N) is 1. The maximum atomic E-state index is 12.1. The molecule has 3 rings (SSSR count). The molecule has 0 unspecified atom stereocenters. The van der Waals surface area contributed by atoms with Gasteiger partial charge in [-0.15, -0.1) is 23.1 Å². The molecule has 2 N–H and O–H groups in total. The van der Waals surface area contributed by atoms with Gasteiger partial charge < -0.3 is 10.3 Å². The number of hydrogen-bond acceptors (Lipinski definition) is 4. The number of thiazole rings is 1. The van der Waals surface area contributed by atoms with E-state index < -0.39 is 0 Å². The Morgan fingerprint density at radius 1 is 1.33 bits per heavy atom. The Bertz CT molecular complexity index is 874. The van der Waals surface area contributed by atoms with E-state index in [1.165, 1.54) is 11.3 Å². The van der Waals surface area contributed by atoms with Gasteiger partial charge in [0.15, 0.2) is 5.13 Å². The second-order valence-corrected chi connectivity index (χ2v) is 9.32. The summed E-state index contributed by atoms with van der Waals surface area (Å²) in [5, 5.41) is 6.70. The zero-order valence-electron chi connectivity index (χ0n) is 14.3. The first-order valence-electron chi connectivity index (χ1n) is 7.80. The van der Waals surface area contributed by atoms with Gasteiger partial charge in [0.05, 0.1) is 11.4 Å². The van der Waals surface area contributed by atoms with E-state index in [4.69, 9.17) is 0 Å². The van der Waals surface area contributed by atoms with Gasteiger partial charge in [0.25, 0.3) is 0 Å². The fraction of sp³-hybridized carbons (Fsp3) is 0.333. The molecular weight excluding hydrogens is 338 g/mol. The highest BCUT2D eigenvalue weighted by Crippen LogP contribution is 2.34. The first-order valence-corrected chi connectivity index (χ1v) is 9.67. The van der Waals surface area contributed by atoms with E-state index in [1.807, 2.05) is 24.4 Å². The summed E-state index contributed by atoms with van der Waals surface area (Å²) in [5.74, 6) is 0.427. The van der Waals surface area contributed by atoms with Crippen molar-refractivity contribution in [3.63, 3.8) is 0 Å². The van der Waals surface area contributed by atoms with Crippen molar-refractivity contribution < 1.29 is 4.79 Å².